The van der Waals surface area contributed by atoms with Crippen molar-refractivity contribution in [1.82, 2.24) is 14.9 Å². The molecule has 1 saturated heterocycles. The average Bonchev–Trinajstić information content (AvgIpc) is 2.53. The summed E-state index contributed by atoms with van der Waals surface area (Å²) in [4.78, 5) is 11.1. The van der Waals surface area contributed by atoms with Crippen molar-refractivity contribution < 1.29 is 0 Å². The van der Waals surface area contributed by atoms with E-state index in [-0.39, 0.29) is 0 Å². The number of rotatable bonds is 4. The summed E-state index contributed by atoms with van der Waals surface area (Å²) in [5.41, 5.74) is 2.19. The Morgan fingerprint density at radius 3 is 2.65 bits per heavy atom. The Kier molecular flexibility index (Phi) is 5.36. The van der Waals surface area contributed by atoms with E-state index >= 15 is 0 Å². The van der Waals surface area contributed by atoms with Crippen molar-refractivity contribution in [2.24, 2.45) is 0 Å². The number of hydrogen-bond donors (Lipinski definition) is 1. The highest BCUT2D eigenvalue weighted by Gasteiger charge is 2.20. The van der Waals surface area contributed by atoms with Crippen molar-refractivity contribution in [2.45, 2.75) is 32.4 Å². The van der Waals surface area contributed by atoms with Crippen LogP contribution in [0.1, 0.15) is 24.1 Å². The molecule has 0 aliphatic carbocycles. The fourth-order valence-corrected chi connectivity index (χ4v) is 3.15. The Morgan fingerprint density at radius 1 is 1.17 bits per heavy atom. The topological polar surface area (TPSA) is 41.1 Å². The van der Waals surface area contributed by atoms with Gasteiger partial charge in [-0.3, -0.25) is 4.90 Å². The van der Waals surface area contributed by atoms with Gasteiger partial charge in [0.2, 0.25) is 5.95 Å². The number of benzene rings is 1. The van der Waals surface area contributed by atoms with Crippen LogP contribution in [0, 0.1) is 6.92 Å². The second kappa shape index (κ2) is 7.47. The van der Waals surface area contributed by atoms with Gasteiger partial charge < -0.3 is 5.32 Å². The zero-order chi connectivity index (χ0) is 16.2. The molecule has 1 aromatic heterocycles. The molecule has 0 unspecified atom stereocenters. The largest absolute Gasteiger partial charge is 0.351 e. The van der Waals surface area contributed by atoms with Crippen LogP contribution in [-0.4, -0.2) is 34.0 Å². The lowest BCUT2D eigenvalue weighted by Gasteiger charge is -2.32. The molecular weight excluding hydrogens is 331 g/mol. The van der Waals surface area contributed by atoms with Gasteiger partial charge in [-0.05, 0) is 43.5 Å². The predicted molar refractivity (Wildman–Crippen MR) is 95.2 cm³/mol. The fourth-order valence-electron chi connectivity index (χ4n) is 2.83. The highest BCUT2D eigenvalue weighted by atomic mass is 35.5. The molecule has 0 saturated carbocycles. The minimum Gasteiger partial charge on any atom is -0.351 e. The van der Waals surface area contributed by atoms with Crippen LogP contribution in [0.3, 0.4) is 0 Å². The second-order valence-corrected chi connectivity index (χ2v) is 6.78. The SMILES string of the molecule is Cc1ccnc(NC2CCN(Cc3ccc(Cl)c(Cl)c3)CC2)n1. The predicted octanol–water partition coefficient (Wildman–Crippen LogP) is 4.17. The lowest BCUT2D eigenvalue weighted by Crippen LogP contribution is -2.39. The molecule has 6 heteroatoms. The van der Waals surface area contributed by atoms with Crippen LogP contribution in [0.4, 0.5) is 5.95 Å². The Hall–Kier alpha value is -1.36. The first-order valence-corrected chi connectivity index (χ1v) is 8.58. The smallest absolute Gasteiger partial charge is 0.223 e. The summed E-state index contributed by atoms with van der Waals surface area (Å²) in [6, 6.07) is 8.20. The molecule has 1 aromatic carbocycles. The third-order valence-corrected chi connectivity index (χ3v) is 4.84. The highest BCUT2D eigenvalue weighted by Crippen LogP contribution is 2.24. The molecule has 23 heavy (non-hydrogen) atoms. The monoisotopic (exact) mass is 350 g/mol. The molecule has 0 amide bonds. The van der Waals surface area contributed by atoms with Gasteiger partial charge in [0.1, 0.15) is 0 Å². The third-order valence-electron chi connectivity index (χ3n) is 4.11. The third kappa shape index (κ3) is 4.56. The van der Waals surface area contributed by atoms with Crippen LogP contribution in [-0.2, 0) is 6.54 Å². The van der Waals surface area contributed by atoms with Crippen molar-refractivity contribution in [3.63, 3.8) is 0 Å². The number of anilines is 1. The number of likely N-dealkylation sites (tertiary alicyclic amines) is 1. The van der Waals surface area contributed by atoms with Crippen LogP contribution in [0.15, 0.2) is 30.5 Å². The van der Waals surface area contributed by atoms with Gasteiger partial charge in [-0.2, -0.15) is 0 Å². The second-order valence-electron chi connectivity index (χ2n) is 5.96. The molecule has 0 spiro atoms. The van der Waals surface area contributed by atoms with Crippen LogP contribution in [0.25, 0.3) is 0 Å². The maximum absolute atomic E-state index is 6.08. The van der Waals surface area contributed by atoms with Gasteiger partial charge in [0, 0.05) is 37.6 Å². The summed E-state index contributed by atoms with van der Waals surface area (Å²) >= 11 is 12.0. The van der Waals surface area contributed by atoms with Gasteiger partial charge in [-0.1, -0.05) is 29.3 Å². The highest BCUT2D eigenvalue weighted by molar-refractivity contribution is 6.42. The number of halogens is 2. The zero-order valence-corrected chi connectivity index (χ0v) is 14.6. The molecule has 1 aliphatic heterocycles. The molecular formula is C17H20Cl2N4. The molecule has 1 N–H and O–H groups in total. The molecule has 0 radical (unpaired) electrons. The first kappa shape index (κ1) is 16.5. The van der Waals surface area contributed by atoms with E-state index < -0.39 is 0 Å². The van der Waals surface area contributed by atoms with Gasteiger partial charge in [0.15, 0.2) is 0 Å². The molecule has 1 fully saturated rings. The summed E-state index contributed by atoms with van der Waals surface area (Å²) in [5.74, 6) is 0.730. The summed E-state index contributed by atoms with van der Waals surface area (Å²) in [5, 5.41) is 4.67. The molecule has 1 aliphatic rings. The molecule has 122 valence electrons. The molecule has 0 atom stereocenters. The number of aryl methyl sites for hydroxylation is 1. The molecule has 2 heterocycles. The van der Waals surface area contributed by atoms with E-state index in [2.05, 4.69) is 20.2 Å². The van der Waals surface area contributed by atoms with Crippen LogP contribution in [0.5, 0.6) is 0 Å². The number of nitrogens with zero attached hydrogens (tertiary/aromatic N) is 3. The van der Waals surface area contributed by atoms with E-state index in [4.69, 9.17) is 23.2 Å². The van der Waals surface area contributed by atoms with E-state index in [9.17, 15) is 0 Å². The molecule has 2 aromatic rings. The number of hydrogen-bond acceptors (Lipinski definition) is 4. The van der Waals surface area contributed by atoms with Gasteiger partial charge in [0.05, 0.1) is 10.0 Å². The van der Waals surface area contributed by atoms with Crippen LogP contribution in [0.2, 0.25) is 10.0 Å². The van der Waals surface area contributed by atoms with Gasteiger partial charge in [-0.15, -0.1) is 0 Å². The Balaban J connectivity index is 1.51. The van der Waals surface area contributed by atoms with Crippen LogP contribution >= 0.6 is 23.2 Å². The molecule has 4 nitrogen and oxygen atoms in total. The summed E-state index contributed by atoms with van der Waals surface area (Å²) in [7, 11) is 0. The van der Waals surface area contributed by atoms with E-state index in [0.29, 0.717) is 16.1 Å². The zero-order valence-electron chi connectivity index (χ0n) is 13.1. The normalized spacial score (nSPS) is 16.5. The fraction of sp³-hybridized carbons (Fsp3) is 0.412. The summed E-state index contributed by atoms with van der Waals surface area (Å²) in [6.45, 7) is 4.98. The lowest BCUT2D eigenvalue weighted by atomic mass is 10.0. The Morgan fingerprint density at radius 2 is 1.96 bits per heavy atom. The number of nitrogens with one attached hydrogen (secondary N) is 1. The van der Waals surface area contributed by atoms with Crippen LogP contribution < -0.4 is 5.32 Å². The average molecular weight is 351 g/mol. The van der Waals surface area contributed by atoms with Gasteiger partial charge in [0.25, 0.3) is 0 Å². The Bertz CT molecular complexity index is 669. The maximum atomic E-state index is 6.08. The van der Waals surface area contributed by atoms with Gasteiger partial charge in [-0.25, -0.2) is 9.97 Å². The maximum Gasteiger partial charge on any atom is 0.223 e. The Labute approximate surface area is 146 Å². The lowest BCUT2D eigenvalue weighted by molar-refractivity contribution is 0.211. The minimum atomic E-state index is 0.432. The van der Waals surface area contributed by atoms with Crippen molar-refractivity contribution >= 4 is 29.2 Å². The van der Waals surface area contributed by atoms with Gasteiger partial charge >= 0.3 is 0 Å². The number of piperidine rings is 1. The van der Waals surface area contributed by atoms with Crippen molar-refractivity contribution in [3.05, 3.63) is 51.8 Å². The first-order valence-electron chi connectivity index (χ1n) is 7.82. The van der Waals surface area contributed by atoms with Crippen molar-refractivity contribution in [1.29, 1.82) is 0 Å². The minimum absolute atomic E-state index is 0.432. The number of aromatic nitrogens is 2. The standard InChI is InChI=1S/C17H20Cl2N4/c1-12-4-7-20-17(21-12)22-14-5-8-23(9-6-14)11-13-2-3-15(18)16(19)10-13/h2-4,7,10,14H,5-6,8-9,11H2,1H3,(H,20,21,22). The van der Waals surface area contributed by atoms with E-state index in [1.807, 2.05) is 31.2 Å². The quantitative estimate of drug-likeness (QED) is 0.898. The van der Waals surface area contributed by atoms with E-state index in [0.717, 1.165) is 44.1 Å². The first-order chi connectivity index (χ1) is 11.1. The summed E-state index contributed by atoms with van der Waals surface area (Å²) < 4.78 is 0. The van der Waals surface area contributed by atoms with E-state index in [1.54, 1.807) is 6.20 Å². The summed E-state index contributed by atoms with van der Waals surface area (Å²) in [6.07, 6.45) is 3.96. The molecule has 3 rings (SSSR count). The van der Waals surface area contributed by atoms with Crippen molar-refractivity contribution in [3.8, 4) is 0 Å². The van der Waals surface area contributed by atoms with E-state index in [1.165, 1.54) is 5.56 Å². The van der Waals surface area contributed by atoms with Crippen molar-refractivity contribution in [2.75, 3.05) is 18.4 Å². The molecule has 0 bridgehead atoms.